The third-order valence-corrected chi connectivity index (χ3v) is 3.32. The van der Waals surface area contributed by atoms with E-state index in [-0.39, 0.29) is 0 Å². The average molecular weight is 188 g/mol. The van der Waals surface area contributed by atoms with Crippen LogP contribution in [0, 0.1) is 0 Å². The van der Waals surface area contributed by atoms with E-state index in [9.17, 15) is 0 Å². The first-order valence-electron chi connectivity index (χ1n) is 4.15. The summed E-state index contributed by atoms with van der Waals surface area (Å²) in [7, 11) is 2.04. The first-order chi connectivity index (χ1) is 6.36. The zero-order valence-electron chi connectivity index (χ0n) is 7.19. The van der Waals surface area contributed by atoms with E-state index in [1.165, 1.54) is 15.6 Å². The number of aryl methyl sites for hydroxylation is 1. The summed E-state index contributed by atoms with van der Waals surface area (Å²) >= 11 is 1.75. The molecule has 3 heteroatoms. The third-order valence-electron chi connectivity index (χ3n) is 2.25. The number of thiophene rings is 1. The fourth-order valence-corrected chi connectivity index (χ4v) is 2.72. The van der Waals surface area contributed by atoms with Gasteiger partial charge in [-0.25, -0.2) is 4.98 Å². The van der Waals surface area contributed by atoms with Crippen molar-refractivity contribution in [1.82, 2.24) is 9.55 Å². The number of nitrogens with zero attached hydrogens (tertiary/aromatic N) is 2. The van der Waals surface area contributed by atoms with Crippen molar-refractivity contribution in [3.05, 3.63) is 30.6 Å². The quantitative estimate of drug-likeness (QED) is 0.530. The minimum atomic E-state index is 1.13. The molecule has 0 bridgehead atoms. The monoisotopic (exact) mass is 188 g/mol. The first-order valence-corrected chi connectivity index (χ1v) is 4.96. The summed E-state index contributed by atoms with van der Waals surface area (Å²) < 4.78 is 3.39. The van der Waals surface area contributed by atoms with Crippen molar-refractivity contribution in [2.24, 2.45) is 7.05 Å². The van der Waals surface area contributed by atoms with E-state index in [1.54, 1.807) is 11.3 Å². The van der Waals surface area contributed by atoms with Gasteiger partial charge in [-0.15, -0.1) is 11.3 Å². The molecule has 0 fully saturated rings. The first kappa shape index (κ1) is 7.09. The van der Waals surface area contributed by atoms with Crippen LogP contribution in [0.15, 0.2) is 30.6 Å². The van der Waals surface area contributed by atoms with Crippen LogP contribution >= 0.6 is 11.3 Å². The van der Waals surface area contributed by atoms with Crippen LogP contribution in [0.4, 0.5) is 0 Å². The Labute approximate surface area is 79.4 Å². The van der Waals surface area contributed by atoms with Crippen LogP contribution in [0.1, 0.15) is 0 Å². The molecule has 0 atom stereocenters. The maximum atomic E-state index is 4.34. The molecule has 0 saturated carbocycles. The summed E-state index contributed by atoms with van der Waals surface area (Å²) in [5.41, 5.74) is 1.25. The van der Waals surface area contributed by atoms with Gasteiger partial charge in [0.25, 0.3) is 0 Å². The molecule has 2 aromatic heterocycles. The molecule has 0 unspecified atom stereocenters. The lowest BCUT2D eigenvalue weighted by molar-refractivity contribution is 0.951. The Morgan fingerprint density at radius 3 is 3.08 bits per heavy atom. The van der Waals surface area contributed by atoms with Crippen molar-refractivity contribution in [1.29, 1.82) is 0 Å². The Kier molecular flexibility index (Phi) is 1.27. The number of rotatable bonds is 0. The zero-order chi connectivity index (χ0) is 8.84. The third kappa shape index (κ3) is 0.848. The van der Waals surface area contributed by atoms with Gasteiger partial charge < -0.3 is 4.57 Å². The zero-order valence-corrected chi connectivity index (χ0v) is 8.01. The minimum Gasteiger partial charge on any atom is -0.332 e. The van der Waals surface area contributed by atoms with Crippen molar-refractivity contribution in [3.8, 4) is 0 Å². The lowest BCUT2D eigenvalue weighted by Gasteiger charge is -1.91. The van der Waals surface area contributed by atoms with Gasteiger partial charge in [0.15, 0.2) is 0 Å². The molecule has 13 heavy (non-hydrogen) atoms. The molecule has 1 aromatic carbocycles. The van der Waals surface area contributed by atoms with Crippen LogP contribution in [0.25, 0.3) is 20.4 Å². The lowest BCUT2D eigenvalue weighted by Crippen LogP contribution is -1.81. The summed E-state index contributed by atoms with van der Waals surface area (Å²) in [5, 5.41) is 1.31. The molecular weight excluding hydrogens is 180 g/mol. The van der Waals surface area contributed by atoms with E-state index >= 15 is 0 Å². The van der Waals surface area contributed by atoms with Gasteiger partial charge in [-0.3, -0.25) is 0 Å². The van der Waals surface area contributed by atoms with E-state index in [2.05, 4.69) is 33.8 Å². The molecule has 3 rings (SSSR count). The second kappa shape index (κ2) is 2.33. The van der Waals surface area contributed by atoms with Crippen molar-refractivity contribution in [2.75, 3.05) is 0 Å². The second-order valence-corrected chi connectivity index (χ2v) is 4.14. The van der Waals surface area contributed by atoms with Crippen LogP contribution in [0.3, 0.4) is 0 Å². The predicted molar refractivity (Wildman–Crippen MR) is 56.1 cm³/mol. The largest absolute Gasteiger partial charge is 0.332 e. The van der Waals surface area contributed by atoms with Gasteiger partial charge in [-0.1, -0.05) is 18.2 Å². The minimum absolute atomic E-state index is 1.13. The summed E-state index contributed by atoms with van der Waals surface area (Å²) in [6.07, 6.45) is 1.87. The standard InChI is InChI=1S/C10H8N2S/c1-12-6-11-10-9(12)7-4-2-3-5-8(7)13-10/h2-6H,1H3. The van der Waals surface area contributed by atoms with Gasteiger partial charge in [0.05, 0.1) is 11.8 Å². The molecule has 0 aliphatic carbocycles. The van der Waals surface area contributed by atoms with Crippen molar-refractivity contribution in [3.63, 3.8) is 0 Å². The number of imidazole rings is 1. The van der Waals surface area contributed by atoms with E-state index < -0.39 is 0 Å². The average Bonchev–Trinajstić information content (AvgIpc) is 2.66. The predicted octanol–water partition coefficient (Wildman–Crippen LogP) is 2.79. The normalized spacial score (nSPS) is 11.5. The molecular formula is C10H8N2S. The van der Waals surface area contributed by atoms with Gasteiger partial charge in [0.1, 0.15) is 4.83 Å². The van der Waals surface area contributed by atoms with Gasteiger partial charge in [-0.2, -0.15) is 0 Å². The number of aromatic nitrogens is 2. The van der Waals surface area contributed by atoms with Crippen LogP contribution in [0.5, 0.6) is 0 Å². The molecule has 2 heterocycles. The Bertz CT molecular complexity index is 577. The molecule has 0 spiro atoms. The van der Waals surface area contributed by atoms with E-state index in [0.717, 1.165) is 4.83 Å². The summed E-state index contributed by atoms with van der Waals surface area (Å²) in [6, 6.07) is 8.43. The van der Waals surface area contributed by atoms with Crippen molar-refractivity contribution < 1.29 is 0 Å². The fourth-order valence-electron chi connectivity index (χ4n) is 1.64. The number of hydrogen-bond donors (Lipinski definition) is 0. The van der Waals surface area contributed by atoms with Gasteiger partial charge >= 0.3 is 0 Å². The highest BCUT2D eigenvalue weighted by atomic mass is 32.1. The van der Waals surface area contributed by atoms with E-state index in [4.69, 9.17) is 0 Å². The molecule has 0 N–H and O–H groups in total. The highest BCUT2D eigenvalue weighted by molar-refractivity contribution is 7.25. The molecule has 0 radical (unpaired) electrons. The van der Waals surface area contributed by atoms with E-state index in [0.29, 0.717) is 0 Å². The smallest absolute Gasteiger partial charge is 0.142 e. The molecule has 0 aliphatic rings. The van der Waals surface area contributed by atoms with Gasteiger partial charge in [0, 0.05) is 17.1 Å². The Morgan fingerprint density at radius 2 is 2.15 bits per heavy atom. The Balaban J connectivity index is 2.66. The van der Waals surface area contributed by atoms with Crippen LogP contribution in [0.2, 0.25) is 0 Å². The van der Waals surface area contributed by atoms with Gasteiger partial charge in [-0.05, 0) is 6.07 Å². The van der Waals surface area contributed by atoms with Crippen LogP contribution in [-0.4, -0.2) is 9.55 Å². The summed E-state index contributed by atoms with van der Waals surface area (Å²) in [6.45, 7) is 0. The SMILES string of the molecule is Cn1cnc2sc3ccccc3c21. The van der Waals surface area contributed by atoms with Crippen molar-refractivity contribution in [2.45, 2.75) is 0 Å². The highest BCUT2D eigenvalue weighted by Crippen LogP contribution is 2.31. The molecule has 3 aromatic rings. The fraction of sp³-hybridized carbons (Fsp3) is 0.100. The topological polar surface area (TPSA) is 17.8 Å². The lowest BCUT2D eigenvalue weighted by atomic mass is 10.2. The summed E-state index contributed by atoms with van der Waals surface area (Å²) in [4.78, 5) is 5.47. The molecule has 64 valence electrons. The Hall–Kier alpha value is -1.35. The summed E-state index contributed by atoms with van der Waals surface area (Å²) in [5.74, 6) is 0. The van der Waals surface area contributed by atoms with Gasteiger partial charge in [0.2, 0.25) is 0 Å². The molecule has 0 amide bonds. The van der Waals surface area contributed by atoms with Crippen LogP contribution < -0.4 is 0 Å². The number of fused-ring (bicyclic) bond motifs is 3. The maximum absolute atomic E-state index is 4.34. The van der Waals surface area contributed by atoms with E-state index in [1.807, 2.05) is 13.4 Å². The molecule has 0 aliphatic heterocycles. The number of hydrogen-bond acceptors (Lipinski definition) is 2. The highest BCUT2D eigenvalue weighted by Gasteiger charge is 2.07. The van der Waals surface area contributed by atoms with Crippen LogP contribution in [-0.2, 0) is 7.05 Å². The molecule has 0 saturated heterocycles. The molecule has 2 nitrogen and oxygen atoms in total. The maximum Gasteiger partial charge on any atom is 0.142 e. The second-order valence-electron chi connectivity index (χ2n) is 3.11. The van der Waals surface area contributed by atoms with Crippen molar-refractivity contribution >= 4 is 31.8 Å². The number of benzene rings is 1. The Morgan fingerprint density at radius 1 is 1.31 bits per heavy atom.